The van der Waals surface area contributed by atoms with E-state index in [2.05, 4.69) is 0 Å². The zero-order valence-electron chi connectivity index (χ0n) is 15.8. The monoisotopic (exact) mass is 372 g/mol. The lowest BCUT2D eigenvalue weighted by molar-refractivity contribution is 0.0500. The minimum Gasteiger partial charge on any atom is -0.458 e. The summed E-state index contributed by atoms with van der Waals surface area (Å²) >= 11 is 0. The molecule has 0 spiro atoms. The van der Waals surface area contributed by atoms with E-state index in [4.69, 9.17) is 14.2 Å². The van der Waals surface area contributed by atoms with E-state index in [1.54, 1.807) is 57.2 Å². The first kappa shape index (κ1) is 21.9. The van der Waals surface area contributed by atoms with Gasteiger partial charge in [-0.15, -0.1) is 0 Å². The zero-order valence-corrected chi connectivity index (χ0v) is 15.8. The average molecular weight is 372 g/mol. The van der Waals surface area contributed by atoms with E-state index in [-0.39, 0.29) is 36.5 Å². The van der Waals surface area contributed by atoms with Gasteiger partial charge in [-0.05, 0) is 39.0 Å². The van der Waals surface area contributed by atoms with E-state index in [0.717, 1.165) is 0 Å². The molecule has 0 heterocycles. The lowest BCUT2D eigenvalue weighted by Gasteiger charge is -2.10. The smallest absolute Gasteiger partial charge is 0.339 e. The molecular formula is C21H24O6. The SMILES string of the molecule is CC=CCOC(=O)c1ccc(C(=O)OCC=CC)c(C(=O)OCC=CC)c1. The molecule has 1 aromatic carbocycles. The van der Waals surface area contributed by atoms with Crippen molar-refractivity contribution < 1.29 is 28.6 Å². The van der Waals surface area contributed by atoms with Crippen molar-refractivity contribution in [3.8, 4) is 0 Å². The number of carbonyl (C=O) groups excluding carboxylic acids is 3. The molecule has 0 radical (unpaired) electrons. The molecule has 0 aliphatic rings. The Morgan fingerprint density at radius 3 is 1.63 bits per heavy atom. The molecule has 0 saturated heterocycles. The molecule has 144 valence electrons. The van der Waals surface area contributed by atoms with Crippen LogP contribution in [0.3, 0.4) is 0 Å². The molecule has 0 atom stereocenters. The Morgan fingerprint density at radius 1 is 0.704 bits per heavy atom. The molecule has 1 aromatic rings. The van der Waals surface area contributed by atoms with E-state index in [1.165, 1.54) is 18.2 Å². The predicted octanol–water partition coefficient (Wildman–Crippen LogP) is 3.89. The van der Waals surface area contributed by atoms with E-state index in [0.29, 0.717) is 0 Å². The van der Waals surface area contributed by atoms with Crippen molar-refractivity contribution in [3.05, 3.63) is 71.3 Å². The van der Waals surface area contributed by atoms with Gasteiger partial charge in [-0.1, -0.05) is 36.5 Å². The van der Waals surface area contributed by atoms with Gasteiger partial charge in [0.05, 0.1) is 16.7 Å². The van der Waals surface area contributed by atoms with Gasteiger partial charge in [0.2, 0.25) is 0 Å². The Balaban J connectivity index is 3.11. The van der Waals surface area contributed by atoms with Crippen LogP contribution in [0.5, 0.6) is 0 Å². The summed E-state index contributed by atoms with van der Waals surface area (Å²) in [7, 11) is 0. The van der Waals surface area contributed by atoms with Gasteiger partial charge in [-0.25, -0.2) is 14.4 Å². The molecule has 0 bridgehead atoms. The van der Waals surface area contributed by atoms with E-state index < -0.39 is 17.9 Å². The highest BCUT2D eigenvalue weighted by molar-refractivity contribution is 6.05. The van der Waals surface area contributed by atoms with Crippen molar-refractivity contribution in [1.82, 2.24) is 0 Å². The van der Waals surface area contributed by atoms with E-state index in [9.17, 15) is 14.4 Å². The van der Waals surface area contributed by atoms with Gasteiger partial charge in [0.1, 0.15) is 19.8 Å². The van der Waals surface area contributed by atoms with Gasteiger partial charge in [0, 0.05) is 0 Å². The topological polar surface area (TPSA) is 78.9 Å². The molecule has 0 aromatic heterocycles. The zero-order chi connectivity index (χ0) is 20.1. The van der Waals surface area contributed by atoms with Crippen molar-refractivity contribution in [2.24, 2.45) is 0 Å². The second kappa shape index (κ2) is 12.2. The summed E-state index contributed by atoms with van der Waals surface area (Å²) in [5.41, 5.74) is 0.114. The molecule has 0 amide bonds. The third-order valence-corrected chi connectivity index (χ3v) is 3.33. The summed E-state index contributed by atoms with van der Waals surface area (Å²) in [5, 5.41) is 0. The number of allylic oxidation sites excluding steroid dienone is 3. The van der Waals surface area contributed by atoms with Crippen LogP contribution in [0.4, 0.5) is 0 Å². The van der Waals surface area contributed by atoms with Crippen molar-refractivity contribution in [2.45, 2.75) is 20.8 Å². The number of ether oxygens (including phenoxy) is 3. The number of carbonyl (C=O) groups is 3. The highest BCUT2D eigenvalue weighted by atomic mass is 16.5. The maximum atomic E-state index is 12.4. The fourth-order valence-corrected chi connectivity index (χ4v) is 1.92. The van der Waals surface area contributed by atoms with Crippen LogP contribution in [-0.4, -0.2) is 37.7 Å². The Labute approximate surface area is 159 Å². The predicted molar refractivity (Wildman–Crippen MR) is 102 cm³/mol. The number of esters is 3. The summed E-state index contributed by atoms with van der Waals surface area (Å²) in [6.45, 7) is 5.64. The summed E-state index contributed by atoms with van der Waals surface area (Å²) < 4.78 is 15.3. The first-order chi connectivity index (χ1) is 13.0. The average Bonchev–Trinajstić information content (AvgIpc) is 2.67. The van der Waals surface area contributed by atoms with Crippen LogP contribution >= 0.6 is 0 Å². The van der Waals surface area contributed by atoms with Crippen molar-refractivity contribution in [3.63, 3.8) is 0 Å². The van der Waals surface area contributed by atoms with Gasteiger partial charge < -0.3 is 14.2 Å². The largest absolute Gasteiger partial charge is 0.458 e. The summed E-state index contributed by atoms with van der Waals surface area (Å²) in [5.74, 6) is -2.02. The molecule has 0 N–H and O–H groups in total. The second-order valence-electron chi connectivity index (χ2n) is 5.26. The summed E-state index contributed by atoms with van der Waals surface area (Å²) in [6.07, 6.45) is 10.2. The van der Waals surface area contributed by atoms with Crippen LogP contribution in [0.25, 0.3) is 0 Å². The third kappa shape index (κ3) is 7.32. The third-order valence-electron chi connectivity index (χ3n) is 3.33. The highest BCUT2D eigenvalue weighted by Crippen LogP contribution is 2.16. The molecule has 0 saturated carbocycles. The van der Waals surface area contributed by atoms with Gasteiger partial charge in [0.15, 0.2) is 0 Å². The second-order valence-corrected chi connectivity index (χ2v) is 5.26. The van der Waals surface area contributed by atoms with Crippen LogP contribution in [0.1, 0.15) is 51.8 Å². The molecule has 1 rings (SSSR count). The molecule has 0 fully saturated rings. The molecule has 0 aliphatic carbocycles. The lowest BCUT2D eigenvalue weighted by atomic mass is 10.0. The number of hydrogen-bond acceptors (Lipinski definition) is 6. The molecule has 0 aliphatic heterocycles. The molecule has 6 nitrogen and oxygen atoms in total. The Morgan fingerprint density at radius 2 is 1.15 bits per heavy atom. The van der Waals surface area contributed by atoms with Crippen LogP contribution in [0, 0.1) is 0 Å². The quantitative estimate of drug-likeness (QED) is 0.372. The Kier molecular flexibility index (Phi) is 9.93. The molecule has 27 heavy (non-hydrogen) atoms. The molecular weight excluding hydrogens is 348 g/mol. The van der Waals surface area contributed by atoms with Crippen molar-refractivity contribution in [1.29, 1.82) is 0 Å². The van der Waals surface area contributed by atoms with Crippen LogP contribution in [-0.2, 0) is 14.2 Å². The van der Waals surface area contributed by atoms with Gasteiger partial charge in [0.25, 0.3) is 0 Å². The van der Waals surface area contributed by atoms with Gasteiger partial charge in [-0.3, -0.25) is 0 Å². The van der Waals surface area contributed by atoms with Crippen LogP contribution in [0.15, 0.2) is 54.7 Å². The van der Waals surface area contributed by atoms with Gasteiger partial charge >= 0.3 is 17.9 Å². The summed E-state index contributed by atoms with van der Waals surface area (Å²) in [6, 6.07) is 4.05. The van der Waals surface area contributed by atoms with E-state index in [1.807, 2.05) is 0 Å². The first-order valence-electron chi connectivity index (χ1n) is 8.54. The van der Waals surface area contributed by atoms with Crippen molar-refractivity contribution >= 4 is 17.9 Å². The number of rotatable bonds is 9. The molecule has 6 heteroatoms. The Bertz CT molecular complexity index is 743. The maximum Gasteiger partial charge on any atom is 0.339 e. The highest BCUT2D eigenvalue weighted by Gasteiger charge is 2.22. The minimum absolute atomic E-state index is 0.0231. The van der Waals surface area contributed by atoms with Crippen LogP contribution < -0.4 is 0 Å². The normalized spacial score (nSPS) is 11.2. The molecule has 0 unspecified atom stereocenters. The standard InChI is InChI=1S/C21H24O6/c1-4-7-12-25-19(22)16-10-11-17(20(23)26-13-8-5-2)18(15-16)21(24)27-14-9-6-3/h4-11,15H,12-14H2,1-3H3. The van der Waals surface area contributed by atoms with Crippen LogP contribution in [0.2, 0.25) is 0 Å². The maximum absolute atomic E-state index is 12.4. The number of hydrogen-bond donors (Lipinski definition) is 0. The number of benzene rings is 1. The fraction of sp³-hybridized carbons (Fsp3) is 0.286. The first-order valence-corrected chi connectivity index (χ1v) is 8.54. The lowest BCUT2D eigenvalue weighted by Crippen LogP contribution is -2.16. The fourth-order valence-electron chi connectivity index (χ4n) is 1.92. The van der Waals surface area contributed by atoms with Crippen molar-refractivity contribution in [2.75, 3.05) is 19.8 Å². The minimum atomic E-state index is -0.728. The van der Waals surface area contributed by atoms with E-state index >= 15 is 0 Å². The van der Waals surface area contributed by atoms with Gasteiger partial charge in [-0.2, -0.15) is 0 Å². The Hall–Kier alpha value is -3.15. The summed E-state index contributed by atoms with van der Waals surface area (Å²) in [4.78, 5) is 36.7.